The highest BCUT2D eigenvalue weighted by Gasteiger charge is 2.21. The Labute approximate surface area is 97.6 Å². The van der Waals surface area contributed by atoms with Gasteiger partial charge < -0.3 is 14.9 Å². The van der Waals surface area contributed by atoms with E-state index in [-0.39, 0.29) is 6.42 Å². The van der Waals surface area contributed by atoms with Crippen LogP contribution in [0.25, 0.3) is 0 Å². The molecule has 0 saturated carbocycles. The first-order valence-corrected chi connectivity index (χ1v) is 4.96. The van der Waals surface area contributed by atoms with E-state index < -0.39 is 18.2 Å². The molecule has 88 valence electrons. The summed E-state index contributed by atoms with van der Waals surface area (Å²) < 4.78 is 4.38. The Hall–Kier alpha value is -1.17. The number of aromatic nitrogens is 1. The molecule has 1 aromatic rings. The molecule has 0 spiro atoms. The van der Waals surface area contributed by atoms with E-state index in [4.69, 9.17) is 11.6 Å². The second-order valence-electron chi connectivity index (χ2n) is 3.21. The van der Waals surface area contributed by atoms with Gasteiger partial charge in [-0.25, -0.2) is 4.98 Å². The summed E-state index contributed by atoms with van der Waals surface area (Å²) in [7, 11) is 1.21. The van der Waals surface area contributed by atoms with E-state index >= 15 is 0 Å². The van der Waals surface area contributed by atoms with Crippen LogP contribution >= 0.6 is 11.6 Å². The lowest BCUT2D eigenvalue weighted by molar-refractivity contribution is -0.144. The molecule has 5 nitrogen and oxygen atoms in total. The van der Waals surface area contributed by atoms with Crippen LogP contribution < -0.4 is 0 Å². The Kier molecular flexibility index (Phi) is 4.67. The van der Waals surface area contributed by atoms with Crippen LogP contribution in [0.4, 0.5) is 0 Å². The van der Waals surface area contributed by atoms with Gasteiger partial charge >= 0.3 is 5.97 Å². The number of esters is 1. The maximum absolute atomic E-state index is 10.9. The molecule has 0 radical (unpaired) electrons. The van der Waals surface area contributed by atoms with Gasteiger partial charge in [0.25, 0.3) is 0 Å². The van der Waals surface area contributed by atoms with Crippen molar-refractivity contribution in [1.29, 1.82) is 0 Å². The molecule has 0 aromatic carbocycles. The van der Waals surface area contributed by atoms with Gasteiger partial charge in [0, 0.05) is 11.8 Å². The maximum Gasteiger partial charge on any atom is 0.308 e. The predicted molar refractivity (Wildman–Crippen MR) is 56.8 cm³/mol. The molecule has 0 saturated heterocycles. The molecule has 6 heteroatoms. The van der Waals surface area contributed by atoms with E-state index in [1.807, 2.05) is 0 Å². The van der Waals surface area contributed by atoms with Crippen LogP contribution in [0.5, 0.6) is 0 Å². The lowest BCUT2D eigenvalue weighted by atomic mass is 10.0. The summed E-state index contributed by atoms with van der Waals surface area (Å²) in [6.07, 6.45) is -1.35. The van der Waals surface area contributed by atoms with Gasteiger partial charge in [0.2, 0.25) is 0 Å². The molecule has 0 bridgehead atoms. The minimum atomic E-state index is -1.23. The van der Waals surface area contributed by atoms with Crippen molar-refractivity contribution in [3.8, 4) is 0 Å². The molecule has 0 aliphatic carbocycles. The number of nitrogens with zero attached hydrogens (tertiary/aromatic N) is 1. The fourth-order valence-electron chi connectivity index (χ4n) is 1.15. The number of halogens is 1. The monoisotopic (exact) mass is 245 g/mol. The van der Waals surface area contributed by atoms with Crippen molar-refractivity contribution in [3.63, 3.8) is 0 Å². The number of ether oxygens (including phenoxy) is 1. The molecule has 1 heterocycles. The summed E-state index contributed by atoms with van der Waals surface area (Å²) in [6.45, 7) is 0. The standard InChI is InChI=1S/C10H12ClNO4/c1-16-9(14)4-7(13)10(15)6-2-3-8(11)12-5-6/h2-3,5,7,10,13,15H,4H2,1H3. The first-order chi connectivity index (χ1) is 7.54. The lowest BCUT2D eigenvalue weighted by Crippen LogP contribution is -2.22. The minimum Gasteiger partial charge on any atom is -0.469 e. The fourth-order valence-corrected chi connectivity index (χ4v) is 1.26. The summed E-state index contributed by atoms with van der Waals surface area (Å²) >= 11 is 5.57. The van der Waals surface area contributed by atoms with Crippen LogP contribution in [0.15, 0.2) is 18.3 Å². The minimum absolute atomic E-state index is 0.277. The van der Waals surface area contributed by atoms with Crippen LogP contribution in [0.2, 0.25) is 5.15 Å². The normalized spacial score (nSPS) is 14.2. The molecule has 2 unspecified atom stereocenters. The Balaban J connectivity index is 2.66. The van der Waals surface area contributed by atoms with Crippen molar-refractivity contribution in [3.05, 3.63) is 29.0 Å². The zero-order valence-corrected chi connectivity index (χ0v) is 9.39. The van der Waals surface area contributed by atoms with Crippen molar-refractivity contribution in [1.82, 2.24) is 4.98 Å². The van der Waals surface area contributed by atoms with E-state index in [0.29, 0.717) is 10.7 Å². The number of methoxy groups -OCH3 is 1. The first kappa shape index (κ1) is 12.9. The Morgan fingerprint density at radius 3 is 2.75 bits per heavy atom. The van der Waals surface area contributed by atoms with Crippen molar-refractivity contribution >= 4 is 17.6 Å². The average molecular weight is 246 g/mol. The number of hydrogen-bond acceptors (Lipinski definition) is 5. The van der Waals surface area contributed by atoms with Crippen molar-refractivity contribution < 1.29 is 19.7 Å². The van der Waals surface area contributed by atoms with E-state index in [9.17, 15) is 15.0 Å². The summed E-state index contributed by atoms with van der Waals surface area (Å²) in [5, 5.41) is 19.5. The molecule has 0 fully saturated rings. The van der Waals surface area contributed by atoms with Gasteiger partial charge in [0.1, 0.15) is 11.3 Å². The first-order valence-electron chi connectivity index (χ1n) is 4.59. The van der Waals surface area contributed by atoms with Crippen LogP contribution in [0.3, 0.4) is 0 Å². The zero-order chi connectivity index (χ0) is 12.1. The molecular formula is C10H12ClNO4. The third-order valence-corrected chi connectivity index (χ3v) is 2.28. The SMILES string of the molecule is COC(=O)CC(O)C(O)c1ccc(Cl)nc1. The molecule has 2 N–H and O–H groups in total. The largest absolute Gasteiger partial charge is 0.469 e. The Morgan fingerprint density at radius 2 is 2.25 bits per heavy atom. The molecule has 0 aliphatic rings. The predicted octanol–water partition coefficient (Wildman–Crippen LogP) is 0.692. The van der Waals surface area contributed by atoms with Crippen LogP contribution in [-0.2, 0) is 9.53 Å². The molecule has 16 heavy (non-hydrogen) atoms. The van der Waals surface area contributed by atoms with Gasteiger partial charge in [-0.05, 0) is 6.07 Å². The van der Waals surface area contributed by atoms with Crippen molar-refractivity contribution in [2.75, 3.05) is 7.11 Å². The van der Waals surface area contributed by atoms with Gasteiger partial charge in [-0.2, -0.15) is 0 Å². The number of rotatable bonds is 4. The molecular weight excluding hydrogens is 234 g/mol. The van der Waals surface area contributed by atoms with Crippen molar-refractivity contribution in [2.24, 2.45) is 0 Å². The highest BCUT2D eigenvalue weighted by molar-refractivity contribution is 6.29. The molecule has 0 aliphatic heterocycles. The van der Waals surface area contributed by atoms with Gasteiger partial charge in [-0.1, -0.05) is 17.7 Å². The fraction of sp³-hybridized carbons (Fsp3) is 0.400. The highest BCUT2D eigenvalue weighted by atomic mass is 35.5. The number of aliphatic hydroxyl groups excluding tert-OH is 2. The average Bonchev–Trinajstić information content (AvgIpc) is 2.28. The Morgan fingerprint density at radius 1 is 1.56 bits per heavy atom. The molecule has 2 atom stereocenters. The third-order valence-electron chi connectivity index (χ3n) is 2.06. The smallest absolute Gasteiger partial charge is 0.308 e. The van der Waals surface area contributed by atoms with E-state index in [2.05, 4.69) is 9.72 Å². The second kappa shape index (κ2) is 5.79. The number of pyridine rings is 1. The van der Waals surface area contributed by atoms with Crippen LogP contribution in [0, 0.1) is 0 Å². The molecule has 1 aromatic heterocycles. The lowest BCUT2D eigenvalue weighted by Gasteiger charge is -2.16. The quantitative estimate of drug-likeness (QED) is 0.603. The second-order valence-corrected chi connectivity index (χ2v) is 3.59. The van der Waals surface area contributed by atoms with Crippen LogP contribution in [0.1, 0.15) is 18.1 Å². The van der Waals surface area contributed by atoms with Crippen molar-refractivity contribution in [2.45, 2.75) is 18.6 Å². The maximum atomic E-state index is 10.9. The highest BCUT2D eigenvalue weighted by Crippen LogP contribution is 2.19. The van der Waals surface area contributed by atoms with E-state index in [0.717, 1.165) is 0 Å². The topological polar surface area (TPSA) is 79.7 Å². The zero-order valence-electron chi connectivity index (χ0n) is 8.63. The number of aliphatic hydroxyl groups is 2. The van der Waals surface area contributed by atoms with Gasteiger partial charge in [0.05, 0.1) is 19.6 Å². The Bertz CT molecular complexity index is 354. The number of hydrogen-bond donors (Lipinski definition) is 2. The van der Waals surface area contributed by atoms with Gasteiger partial charge in [0.15, 0.2) is 0 Å². The third kappa shape index (κ3) is 3.44. The summed E-state index contributed by atoms with van der Waals surface area (Å²) in [5.74, 6) is -0.589. The van der Waals surface area contributed by atoms with Gasteiger partial charge in [-0.3, -0.25) is 4.79 Å². The van der Waals surface area contributed by atoms with E-state index in [1.165, 1.54) is 25.4 Å². The summed E-state index contributed by atoms with van der Waals surface area (Å²) in [4.78, 5) is 14.6. The number of carbonyl (C=O) groups is 1. The molecule has 0 amide bonds. The summed E-state index contributed by atoms with van der Waals surface area (Å²) in [6, 6.07) is 3.02. The van der Waals surface area contributed by atoms with Gasteiger partial charge in [-0.15, -0.1) is 0 Å². The van der Waals surface area contributed by atoms with Crippen LogP contribution in [-0.4, -0.2) is 34.4 Å². The summed E-state index contributed by atoms with van der Waals surface area (Å²) in [5.41, 5.74) is 0.390. The number of carbonyl (C=O) groups excluding carboxylic acids is 1. The molecule has 1 rings (SSSR count). The van der Waals surface area contributed by atoms with E-state index in [1.54, 1.807) is 0 Å².